The second-order valence-corrected chi connectivity index (χ2v) is 7.56. The molecule has 1 amide bonds. The average molecular weight is 418 g/mol. The van der Waals surface area contributed by atoms with Crippen LogP contribution < -0.4 is 20.9 Å². The number of ether oxygens (including phenoxy) is 2. The van der Waals surface area contributed by atoms with Gasteiger partial charge in [-0.05, 0) is 30.3 Å². The Kier molecular flexibility index (Phi) is 5.88. The first-order valence-corrected chi connectivity index (χ1v) is 9.53. The molecule has 0 unspecified atom stereocenters. The number of hydrogen-bond acceptors (Lipinski definition) is 8. The van der Waals surface area contributed by atoms with Crippen LogP contribution >= 0.6 is 0 Å². The molecule has 31 heavy (non-hydrogen) atoms. The smallest absolute Gasteiger partial charge is 0.255 e. The summed E-state index contributed by atoms with van der Waals surface area (Å²) in [5.41, 5.74) is 11.3. The molecule has 4 N–H and O–H groups in total. The summed E-state index contributed by atoms with van der Waals surface area (Å²) in [5.74, 6) is -0.951. The van der Waals surface area contributed by atoms with Crippen molar-refractivity contribution in [3.63, 3.8) is 0 Å². The molecule has 0 saturated carbocycles. The van der Waals surface area contributed by atoms with Crippen LogP contribution in [0.1, 0.15) is 11.5 Å². The van der Waals surface area contributed by atoms with Crippen molar-refractivity contribution >= 4 is 5.91 Å². The summed E-state index contributed by atoms with van der Waals surface area (Å²) in [6, 6.07) is 11.3. The van der Waals surface area contributed by atoms with E-state index in [-0.39, 0.29) is 23.8 Å². The first kappa shape index (κ1) is 21.7. The summed E-state index contributed by atoms with van der Waals surface area (Å²) in [6.07, 6.45) is 1.92. The maximum atomic E-state index is 11.1. The van der Waals surface area contributed by atoms with E-state index in [1.165, 1.54) is 7.11 Å². The zero-order valence-electron chi connectivity index (χ0n) is 17.3. The molecule has 0 fully saturated rings. The lowest BCUT2D eigenvalue weighted by atomic mass is 9.58. The Hall–Kier alpha value is -4.00. The Morgan fingerprint density at radius 2 is 2.00 bits per heavy atom. The Bertz CT molecular complexity index is 1090. The van der Waals surface area contributed by atoms with Crippen molar-refractivity contribution in [2.45, 2.75) is 5.92 Å². The number of amides is 1. The molecule has 0 saturated heterocycles. The van der Waals surface area contributed by atoms with Crippen LogP contribution in [0.2, 0.25) is 0 Å². The number of carbonyl (C=O) groups excluding carboxylic acids is 1. The molecule has 1 aromatic carbocycles. The molecule has 2 aliphatic rings. The van der Waals surface area contributed by atoms with Gasteiger partial charge < -0.3 is 25.8 Å². The summed E-state index contributed by atoms with van der Waals surface area (Å²) in [7, 11) is 3.38. The maximum Gasteiger partial charge on any atom is 0.255 e. The van der Waals surface area contributed by atoms with Crippen LogP contribution in [-0.2, 0) is 4.79 Å². The summed E-state index contributed by atoms with van der Waals surface area (Å²) < 4.78 is 10.8. The van der Waals surface area contributed by atoms with Gasteiger partial charge in [-0.25, -0.2) is 0 Å². The lowest BCUT2D eigenvalue weighted by molar-refractivity contribution is -0.119. The van der Waals surface area contributed by atoms with E-state index < -0.39 is 17.2 Å². The number of fused-ring (bicyclic) bond motifs is 1. The molecule has 0 aromatic heterocycles. The fraction of sp³-hybridized carbons (Fsp3) is 0.364. The normalized spacial score (nSPS) is 22.2. The van der Waals surface area contributed by atoms with Crippen molar-refractivity contribution in [2.24, 2.45) is 22.8 Å². The largest absolute Gasteiger partial charge is 0.493 e. The van der Waals surface area contributed by atoms with E-state index in [1.807, 2.05) is 13.1 Å². The SMILES string of the molecule is COc1cc([C@@H]2[C@H]3CN(C)CC=C3C(C#N)=C(N)C2(C#N)C#N)ccc1OCC(N)=O. The summed E-state index contributed by atoms with van der Waals surface area (Å²) in [5, 5.41) is 29.9. The third-order valence-corrected chi connectivity index (χ3v) is 5.76. The van der Waals surface area contributed by atoms with Gasteiger partial charge in [0.15, 0.2) is 23.5 Å². The van der Waals surface area contributed by atoms with Crippen LogP contribution in [0.25, 0.3) is 0 Å². The van der Waals surface area contributed by atoms with Gasteiger partial charge in [0, 0.05) is 24.9 Å². The Labute approximate surface area is 180 Å². The molecule has 0 radical (unpaired) electrons. The van der Waals surface area contributed by atoms with Crippen LogP contribution in [0.15, 0.2) is 41.1 Å². The summed E-state index contributed by atoms with van der Waals surface area (Å²) in [4.78, 5) is 13.1. The van der Waals surface area contributed by atoms with Crippen molar-refractivity contribution in [1.29, 1.82) is 15.8 Å². The number of carbonyl (C=O) groups is 1. The predicted octanol–water partition coefficient (Wildman–Crippen LogP) is 0.914. The number of likely N-dealkylation sites (N-methyl/N-ethyl adjacent to an activating group) is 1. The zero-order chi connectivity index (χ0) is 22.8. The number of nitrogens with zero attached hydrogens (tertiary/aromatic N) is 4. The molecular formula is C22H22N6O3. The van der Waals surface area contributed by atoms with Crippen molar-refractivity contribution in [3.8, 4) is 29.7 Å². The van der Waals surface area contributed by atoms with Gasteiger partial charge in [-0.15, -0.1) is 0 Å². The highest BCUT2D eigenvalue weighted by Gasteiger charge is 2.54. The topological polar surface area (TPSA) is 162 Å². The molecule has 9 nitrogen and oxygen atoms in total. The quantitative estimate of drug-likeness (QED) is 0.713. The standard InChI is InChI=1S/C22H22N6O3/c1-28-6-5-14-15(8-23)21(27)22(11-24,12-25)20(16(14)9-28)13-3-4-17(18(7-13)30-2)31-10-19(26)29/h3-5,7,16,20H,6,9-10,27H2,1-2H3,(H2,26,29)/t16-,20+/m0/s1. The van der Waals surface area contributed by atoms with Gasteiger partial charge >= 0.3 is 0 Å². The zero-order valence-corrected chi connectivity index (χ0v) is 17.3. The highest BCUT2D eigenvalue weighted by Crippen LogP contribution is 2.54. The number of rotatable bonds is 5. The number of nitriles is 3. The van der Waals surface area contributed by atoms with Crippen molar-refractivity contribution < 1.29 is 14.3 Å². The van der Waals surface area contributed by atoms with Gasteiger partial charge in [0.05, 0.1) is 30.5 Å². The molecule has 158 valence electrons. The molecule has 1 aliphatic heterocycles. The van der Waals surface area contributed by atoms with Gasteiger partial charge in [0.1, 0.15) is 6.07 Å². The number of methoxy groups -OCH3 is 1. The minimum atomic E-state index is -1.73. The monoisotopic (exact) mass is 418 g/mol. The van der Waals surface area contributed by atoms with E-state index in [9.17, 15) is 20.6 Å². The molecule has 1 aliphatic carbocycles. The third-order valence-electron chi connectivity index (χ3n) is 5.76. The molecule has 0 spiro atoms. The van der Waals surface area contributed by atoms with Crippen molar-refractivity contribution in [2.75, 3.05) is 33.9 Å². The molecular weight excluding hydrogens is 396 g/mol. The van der Waals surface area contributed by atoms with Crippen LogP contribution in [0.5, 0.6) is 11.5 Å². The average Bonchev–Trinajstić information content (AvgIpc) is 2.77. The number of hydrogen-bond donors (Lipinski definition) is 2. The van der Waals surface area contributed by atoms with Gasteiger partial charge in [-0.3, -0.25) is 4.79 Å². The second kappa shape index (κ2) is 8.39. The van der Waals surface area contributed by atoms with Gasteiger partial charge in [0.25, 0.3) is 5.91 Å². The lowest BCUT2D eigenvalue weighted by Crippen LogP contribution is -2.47. The van der Waals surface area contributed by atoms with Crippen LogP contribution in [-0.4, -0.2) is 44.7 Å². The molecule has 1 aromatic rings. The summed E-state index contributed by atoms with van der Waals surface area (Å²) >= 11 is 0. The van der Waals surface area contributed by atoms with Crippen LogP contribution in [0.3, 0.4) is 0 Å². The van der Waals surface area contributed by atoms with Gasteiger partial charge in [0.2, 0.25) is 0 Å². The van der Waals surface area contributed by atoms with E-state index in [4.69, 9.17) is 20.9 Å². The Morgan fingerprint density at radius 1 is 1.29 bits per heavy atom. The predicted molar refractivity (Wildman–Crippen MR) is 110 cm³/mol. The number of primary amides is 1. The first-order chi connectivity index (χ1) is 14.8. The van der Waals surface area contributed by atoms with E-state index in [0.717, 1.165) is 5.57 Å². The summed E-state index contributed by atoms with van der Waals surface area (Å²) in [6.45, 7) is 0.857. The number of nitrogens with two attached hydrogens (primary N) is 2. The Morgan fingerprint density at radius 3 is 2.58 bits per heavy atom. The maximum absolute atomic E-state index is 11.1. The molecule has 0 bridgehead atoms. The second-order valence-electron chi connectivity index (χ2n) is 7.56. The lowest BCUT2D eigenvalue weighted by Gasteiger charge is -2.45. The van der Waals surface area contributed by atoms with E-state index in [1.54, 1.807) is 18.2 Å². The highest BCUT2D eigenvalue weighted by atomic mass is 16.5. The van der Waals surface area contributed by atoms with E-state index in [0.29, 0.717) is 30.2 Å². The molecule has 9 heteroatoms. The fourth-order valence-electron chi connectivity index (χ4n) is 4.35. The van der Waals surface area contributed by atoms with Crippen LogP contribution in [0.4, 0.5) is 0 Å². The van der Waals surface area contributed by atoms with Crippen molar-refractivity contribution in [3.05, 3.63) is 46.7 Å². The number of allylic oxidation sites excluding steroid dienone is 2. The third kappa shape index (κ3) is 3.54. The van der Waals surface area contributed by atoms with Gasteiger partial charge in [-0.1, -0.05) is 12.1 Å². The minimum Gasteiger partial charge on any atom is -0.493 e. The Balaban J connectivity index is 2.21. The van der Waals surface area contributed by atoms with Gasteiger partial charge in [-0.2, -0.15) is 15.8 Å². The van der Waals surface area contributed by atoms with Crippen LogP contribution in [0, 0.1) is 45.3 Å². The van der Waals surface area contributed by atoms with E-state index >= 15 is 0 Å². The fourth-order valence-corrected chi connectivity index (χ4v) is 4.35. The van der Waals surface area contributed by atoms with Crippen molar-refractivity contribution in [1.82, 2.24) is 4.90 Å². The number of benzene rings is 1. The molecule has 3 rings (SSSR count). The minimum absolute atomic E-state index is 0.0370. The first-order valence-electron chi connectivity index (χ1n) is 9.53. The van der Waals surface area contributed by atoms with E-state index in [2.05, 4.69) is 23.1 Å². The molecule has 2 atom stereocenters. The molecule has 1 heterocycles. The highest BCUT2D eigenvalue weighted by molar-refractivity contribution is 5.75.